The third-order valence-corrected chi connectivity index (χ3v) is 12.6. The number of hydrogen-bond donors (Lipinski definition) is 3. The van der Waals surface area contributed by atoms with Crippen LogP contribution >= 0.6 is 11.3 Å². The number of nitrogens with zero attached hydrogens (tertiary/aromatic N) is 4. The second-order valence-corrected chi connectivity index (χ2v) is 17.1. The smallest absolute Gasteiger partial charge is 0.280 e. The van der Waals surface area contributed by atoms with Crippen molar-refractivity contribution >= 4 is 56.9 Å². The van der Waals surface area contributed by atoms with Gasteiger partial charge in [-0.15, -0.1) is 11.3 Å². The number of piperidine rings is 2. The van der Waals surface area contributed by atoms with Gasteiger partial charge in [0, 0.05) is 49.6 Å². The molecule has 6 amide bonds. The number of methoxy groups -OCH3 is 2. The number of thiophene rings is 1. The van der Waals surface area contributed by atoms with Gasteiger partial charge < -0.3 is 39.0 Å². The Morgan fingerprint density at radius 1 is 0.954 bits per heavy atom. The molecule has 0 saturated carbocycles. The van der Waals surface area contributed by atoms with Crippen molar-refractivity contribution in [3.63, 3.8) is 0 Å². The van der Waals surface area contributed by atoms with Crippen LogP contribution in [0.15, 0.2) is 47.4 Å². The SMILES string of the molecule is COc1cc(-c2cn(C)c(=O)c3cc(C(=O)NC4CCN(C)CC4(F)F)sc23)cc(OC)c1CN(C)CC(=O)NCCOCCOc1cccc2c1C(=O)N(C1CCC(=O)NC1=O)C2=O. The first-order chi connectivity index (χ1) is 31.0. The molecule has 0 radical (unpaired) electrons. The summed E-state index contributed by atoms with van der Waals surface area (Å²) >= 11 is 1.04. The molecule has 3 N–H and O–H groups in total. The van der Waals surface area contributed by atoms with Crippen LogP contribution in [0.25, 0.3) is 21.2 Å². The number of aromatic nitrogens is 1. The zero-order chi connectivity index (χ0) is 46.7. The van der Waals surface area contributed by atoms with Crippen LogP contribution in [0.3, 0.4) is 0 Å². The van der Waals surface area contributed by atoms with Crippen LogP contribution in [-0.2, 0) is 32.7 Å². The highest BCUT2D eigenvalue weighted by Crippen LogP contribution is 2.40. The highest BCUT2D eigenvalue weighted by molar-refractivity contribution is 7.21. The summed E-state index contributed by atoms with van der Waals surface area (Å²) in [6.07, 6.45) is 1.76. The summed E-state index contributed by atoms with van der Waals surface area (Å²) in [5.41, 5.74) is 1.62. The van der Waals surface area contributed by atoms with Gasteiger partial charge in [-0.1, -0.05) is 6.07 Å². The lowest BCUT2D eigenvalue weighted by Gasteiger charge is -2.36. The van der Waals surface area contributed by atoms with Gasteiger partial charge in [-0.25, -0.2) is 8.78 Å². The Labute approximate surface area is 375 Å². The molecule has 2 aromatic carbocycles. The second-order valence-electron chi connectivity index (χ2n) is 16.1. The van der Waals surface area contributed by atoms with E-state index in [4.69, 9.17) is 18.9 Å². The van der Waals surface area contributed by atoms with Gasteiger partial charge in [-0.3, -0.25) is 48.7 Å². The number of carbonyl (C=O) groups is 6. The van der Waals surface area contributed by atoms with E-state index in [-0.39, 0.29) is 97.3 Å². The molecule has 2 unspecified atom stereocenters. The van der Waals surface area contributed by atoms with Crippen molar-refractivity contribution in [1.82, 2.24) is 35.2 Å². The lowest BCUT2D eigenvalue weighted by molar-refractivity contribution is -0.136. The number of imide groups is 2. The maximum atomic E-state index is 14.8. The lowest BCUT2D eigenvalue weighted by atomic mass is 10.0. The van der Waals surface area contributed by atoms with Crippen molar-refractivity contribution in [3.05, 3.63) is 74.5 Å². The van der Waals surface area contributed by atoms with Crippen LogP contribution in [0.4, 0.5) is 8.78 Å². The Morgan fingerprint density at radius 3 is 2.38 bits per heavy atom. The van der Waals surface area contributed by atoms with E-state index in [2.05, 4.69) is 16.0 Å². The van der Waals surface area contributed by atoms with E-state index in [0.29, 0.717) is 39.4 Å². The van der Waals surface area contributed by atoms with E-state index in [1.165, 1.54) is 41.9 Å². The number of halogens is 2. The number of aryl methyl sites for hydroxylation is 1. The molecule has 7 rings (SSSR count). The average molecular weight is 922 g/mol. The number of likely N-dealkylation sites (N-methyl/N-ethyl adjacent to an activating group) is 1. The predicted octanol–water partition coefficient (Wildman–Crippen LogP) is 2.40. The first kappa shape index (κ1) is 46.7. The van der Waals surface area contributed by atoms with Gasteiger partial charge >= 0.3 is 0 Å². The maximum Gasteiger partial charge on any atom is 0.280 e. The average Bonchev–Trinajstić information content (AvgIpc) is 3.82. The zero-order valence-corrected chi connectivity index (χ0v) is 37.2. The Balaban J connectivity index is 0.918. The third kappa shape index (κ3) is 9.87. The van der Waals surface area contributed by atoms with Crippen molar-refractivity contribution in [2.24, 2.45) is 7.05 Å². The van der Waals surface area contributed by atoms with E-state index in [1.54, 1.807) is 50.4 Å². The van der Waals surface area contributed by atoms with Gasteiger partial charge in [0.1, 0.15) is 29.9 Å². The fourth-order valence-corrected chi connectivity index (χ4v) is 9.27. The number of benzene rings is 2. The Morgan fingerprint density at radius 2 is 1.69 bits per heavy atom. The number of carbonyl (C=O) groups excluding carboxylic acids is 6. The number of amides is 6. The molecule has 0 spiro atoms. The second kappa shape index (κ2) is 19.4. The highest BCUT2D eigenvalue weighted by Gasteiger charge is 2.46. The van der Waals surface area contributed by atoms with Crippen LogP contribution in [0.2, 0.25) is 0 Å². The summed E-state index contributed by atoms with van der Waals surface area (Å²) in [6.45, 7) is 0.644. The Kier molecular flexibility index (Phi) is 14.0. The van der Waals surface area contributed by atoms with Crippen molar-refractivity contribution in [1.29, 1.82) is 0 Å². The molecule has 21 heteroatoms. The van der Waals surface area contributed by atoms with Crippen LogP contribution < -0.4 is 35.7 Å². The Bertz CT molecular complexity index is 2590. The van der Waals surface area contributed by atoms with Crippen LogP contribution in [0.5, 0.6) is 17.2 Å². The molecule has 2 fully saturated rings. The number of alkyl halides is 2. The molecule has 65 heavy (non-hydrogen) atoms. The van der Waals surface area contributed by atoms with E-state index in [1.807, 2.05) is 0 Å². The fourth-order valence-electron chi connectivity index (χ4n) is 8.19. The van der Waals surface area contributed by atoms with Crippen molar-refractivity contribution in [2.75, 3.05) is 74.3 Å². The predicted molar refractivity (Wildman–Crippen MR) is 233 cm³/mol. The number of likely N-dealkylation sites (tertiary alicyclic amines) is 1. The molecule has 0 bridgehead atoms. The molecule has 3 aliphatic rings. The van der Waals surface area contributed by atoms with Crippen LogP contribution in [0.1, 0.15) is 55.2 Å². The van der Waals surface area contributed by atoms with Crippen molar-refractivity contribution in [2.45, 2.75) is 43.8 Å². The van der Waals surface area contributed by atoms with E-state index >= 15 is 0 Å². The minimum atomic E-state index is -3.11. The Hall–Kier alpha value is -6.29. The molecule has 4 aromatic rings. The summed E-state index contributed by atoms with van der Waals surface area (Å²) in [7, 11) is 7.92. The number of fused-ring (bicyclic) bond motifs is 2. The molecule has 2 atom stereocenters. The summed E-state index contributed by atoms with van der Waals surface area (Å²) < 4.78 is 54.4. The fraction of sp³-hybridized carbons (Fsp3) is 0.432. The molecule has 2 saturated heterocycles. The highest BCUT2D eigenvalue weighted by atomic mass is 32.1. The van der Waals surface area contributed by atoms with Gasteiger partial charge in [0.05, 0.1) is 73.5 Å². The maximum absolute atomic E-state index is 14.8. The first-order valence-electron chi connectivity index (χ1n) is 20.8. The van der Waals surface area contributed by atoms with E-state index in [9.17, 15) is 42.3 Å². The standard InChI is InChI=1S/C44H49F2N7O11S/c1-50-13-11-34(44(45,46)23-50)48-40(57)33-19-26-38(65-33)27(21-52(3)41(26)58)24-17-31(61-4)28(32(18-24)62-5)20-51(2)22-36(55)47-12-14-63-15-16-64-30-8-6-7-25-37(30)43(60)53(42(25)59)29-9-10-35(54)49-39(29)56/h6-8,17-19,21,29,34H,9-16,20,22-23H2,1-5H3,(H,47,55)(H,48,57)(H,49,54,56). The molecule has 0 aliphatic carbocycles. The first-order valence-corrected chi connectivity index (χ1v) is 21.6. The van der Waals surface area contributed by atoms with Gasteiger partial charge in [0.25, 0.3) is 29.2 Å². The molecular weight excluding hydrogens is 873 g/mol. The molecule has 346 valence electrons. The lowest BCUT2D eigenvalue weighted by Crippen LogP contribution is -2.57. The van der Waals surface area contributed by atoms with Crippen LogP contribution in [-0.4, -0.2) is 147 Å². The van der Waals surface area contributed by atoms with Crippen molar-refractivity contribution < 1.29 is 56.5 Å². The number of nitrogens with one attached hydrogen (secondary N) is 3. The quantitative estimate of drug-likeness (QED) is 0.103. The van der Waals surface area contributed by atoms with E-state index in [0.717, 1.165) is 16.2 Å². The number of rotatable bonds is 17. The minimum Gasteiger partial charge on any atom is -0.496 e. The van der Waals surface area contributed by atoms with E-state index < -0.39 is 54.1 Å². The number of ether oxygens (including phenoxy) is 4. The van der Waals surface area contributed by atoms with Crippen molar-refractivity contribution in [3.8, 4) is 28.4 Å². The molecule has 3 aliphatic heterocycles. The van der Waals surface area contributed by atoms with Gasteiger partial charge in [0.15, 0.2) is 0 Å². The topological polar surface area (TPSA) is 207 Å². The summed E-state index contributed by atoms with van der Waals surface area (Å²) in [6, 6.07) is 7.11. The summed E-state index contributed by atoms with van der Waals surface area (Å²) in [5, 5.41) is 7.72. The number of pyridine rings is 1. The van der Waals surface area contributed by atoms with Gasteiger partial charge in [0.2, 0.25) is 17.7 Å². The van der Waals surface area contributed by atoms with Crippen LogP contribution in [0, 0.1) is 0 Å². The third-order valence-electron chi connectivity index (χ3n) is 11.4. The minimum absolute atomic E-state index is 0.00379. The molecular formula is C44H49F2N7O11S. The largest absolute Gasteiger partial charge is 0.496 e. The summed E-state index contributed by atoms with van der Waals surface area (Å²) in [4.78, 5) is 94.1. The molecule has 5 heterocycles. The zero-order valence-electron chi connectivity index (χ0n) is 36.4. The number of hydrogen-bond acceptors (Lipinski definition) is 14. The van der Waals surface area contributed by atoms with Gasteiger partial charge in [-0.05, 0) is 62.8 Å². The van der Waals surface area contributed by atoms with Gasteiger partial charge in [-0.2, -0.15) is 0 Å². The molecule has 18 nitrogen and oxygen atoms in total. The molecule has 2 aromatic heterocycles. The normalized spacial score (nSPS) is 18.5. The summed E-state index contributed by atoms with van der Waals surface area (Å²) in [5.74, 6) is -5.54. The monoisotopic (exact) mass is 921 g/mol.